The van der Waals surface area contributed by atoms with Crippen molar-refractivity contribution in [2.24, 2.45) is 0 Å². The number of thiophene rings is 1. The highest BCUT2D eigenvalue weighted by Crippen LogP contribution is 2.44. The molecule has 2 aromatic heterocycles. The maximum absolute atomic E-state index is 13.7. The number of urea groups is 1. The Hall–Kier alpha value is -2.77. The molecule has 0 bridgehead atoms. The highest BCUT2D eigenvalue weighted by Gasteiger charge is 2.35. The van der Waals surface area contributed by atoms with Crippen molar-refractivity contribution in [3.05, 3.63) is 69.9 Å². The predicted octanol–water partition coefficient (Wildman–Crippen LogP) is 5.47. The molecule has 7 heteroatoms. The van der Waals surface area contributed by atoms with Crippen LogP contribution in [-0.2, 0) is 24.1 Å². The van der Waals surface area contributed by atoms with E-state index in [0.717, 1.165) is 36.3 Å². The number of carbonyl (C=O) groups excluding carboxylic acids is 1. The third kappa shape index (κ3) is 4.34. The van der Waals surface area contributed by atoms with Gasteiger partial charge < -0.3 is 24.3 Å². The minimum absolute atomic E-state index is 0.0336. The van der Waals surface area contributed by atoms with E-state index in [1.165, 1.54) is 33.8 Å². The Labute approximate surface area is 205 Å². The van der Waals surface area contributed by atoms with Gasteiger partial charge in [0.25, 0.3) is 0 Å². The molecule has 0 fully saturated rings. The normalized spacial score (nSPS) is 16.9. The second-order valence-electron chi connectivity index (χ2n) is 8.88. The molecule has 0 saturated heterocycles. The molecule has 1 unspecified atom stereocenters. The summed E-state index contributed by atoms with van der Waals surface area (Å²) in [6.07, 6.45) is 7.68. The van der Waals surface area contributed by atoms with E-state index in [2.05, 4.69) is 40.3 Å². The summed E-state index contributed by atoms with van der Waals surface area (Å²) in [7, 11) is 1.68. The standard InChI is InChI=1S/C27H33N3O3S/c1-3-33-17-7-15-28-27(31)30-18-22-21-8-4-5-10-24(21)34-26(22)29-16-6-9-23(29)25(30)19-11-13-20(32-2)14-12-19/h6,9,11-14,16,25H,3-5,7-8,10,15,17-18H2,1-2H3,(H,28,31). The largest absolute Gasteiger partial charge is 0.497 e. The third-order valence-corrected chi connectivity index (χ3v) is 8.15. The average Bonchev–Trinajstić information content (AvgIpc) is 3.46. The smallest absolute Gasteiger partial charge is 0.318 e. The van der Waals surface area contributed by atoms with Gasteiger partial charge >= 0.3 is 6.03 Å². The van der Waals surface area contributed by atoms with E-state index in [-0.39, 0.29) is 12.1 Å². The van der Waals surface area contributed by atoms with E-state index in [0.29, 0.717) is 26.3 Å². The van der Waals surface area contributed by atoms with E-state index in [1.54, 1.807) is 7.11 Å². The van der Waals surface area contributed by atoms with Gasteiger partial charge in [-0.1, -0.05) is 12.1 Å². The van der Waals surface area contributed by atoms with Crippen LogP contribution < -0.4 is 10.1 Å². The molecule has 180 valence electrons. The molecule has 0 saturated carbocycles. The molecule has 1 aliphatic carbocycles. The van der Waals surface area contributed by atoms with Gasteiger partial charge in [0.15, 0.2) is 0 Å². The molecule has 34 heavy (non-hydrogen) atoms. The van der Waals surface area contributed by atoms with Crippen molar-refractivity contribution >= 4 is 17.4 Å². The van der Waals surface area contributed by atoms with Crippen molar-refractivity contribution in [3.8, 4) is 10.8 Å². The zero-order chi connectivity index (χ0) is 23.5. The first-order valence-electron chi connectivity index (χ1n) is 12.3. The fourth-order valence-corrected chi connectivity index (χ4v) is 6.54. The lowest BCUT2D eigenvalue weighted by atomic mass is 9.95. The van der Waals surface area contributed by atoms with Gasteiger partial charge in [0.2, 0.25) is 0 Å². The van der Waals surface area contributed by atoms with Crippen LogP contribution in [0, 0.1) is 0 Å². The molecular formula is C27H33N3O3S. The van der Waals surface area contributed by atoms with Crippen LogP contribution in [0.4, 0.5) is 4.79 Å². The Morgan fingerprint density at radius 1 is 1.15 bits per heavy atom. The zero-order valence-corrected chi connectivity index (χ0v) is 20.8. The Kier molecular flexibility index (Phi) is 6.92. The molecule has 3 aromatic rings. The zero-order valence-electron chi connectivity index (χ0n) is 20.0. The van der Waals surface area contributed by atoms with Gasteiger partial charge in [-0.25, -0.2) is 4.79 Å². The lowest BCUT2D eigenvalue weighted by Crippen LogP contribution is -2.42. The lowest BCUT2D eigenvalue weighted by Gasteiger charge is -2.31. The van der Waals surface area contributed by atoms with Crippen molar-refractivity contribution in [2.45, 2.75) is 51.6 Å². The summed E-state index contributed by atoms with van der Waals surface area (Å²) in [5.74, 6) is 0.813. The highest BCUT2D eigenvalue weighted by molar-refractivity contribution is 7.15. The molecule has 2 aliphatic rings. The average molecular weight is 480 g/mol. The van der Waals surface area contributed by atoms with Crippen LogP contribution in [0.5, 0.6) is 5.75 Å². The maximum atomic E-state index is 13.7. The van der Waals surface area contributed by atoms with E-state index in [9.17, 15) is 4.79 Å². The van der Waals surface area contributed by atoms with E-state index in [4.69, 9.17) is 9.47 Å². The molecule has 0 radical (unpaired) electrons. The second kappa shape index (κ2) is 10.2. The molecular weight excluding hydrogens is 446 g/mol. The summed E-state index contributed by atoms with van der Waals surface area (Å²) in [4.78, 5) is 17.2. The molecule has 2 amide bonds. The van der Waals surface area contributed by atoms with Crippen LogP contribution in [0.15, 0.2) is 42.6 Å². The number of nitrogens with one attached hydrogen (secondary N) is 1. The predicted molar refractivity (Wildman–Crippen MR) is 135 cm³/mol. The molecule has 1 atom stereocenters. The van der Waals surface area contributed by atoms with Crippen LogP contribution in [0.3, 0.4) is 0 Å². The quantitative estimate of drug-likeness (QED) is 0.458. The Morgan fingerprint density at radius 3 is 2.76 bits per heavy atom. The summed E-state index contributed by atoms with van der Waals surface area (Å²) in [6, 6.07) is 12.1. The number of amides is 2. The molecule has 1 aliphatic heterocycles. The summed E-state index contributed by atoms with van der Waals surface area (Å²) in [5, 5.41) is 4.44. The van der Waals surface area contributed by atoms with Gasteiger partial charge in [-0.05, 0) is 74.4 Å². The van der Waals surface area contributed by atoms with Gasteiger partial charge in [-0.2, -0.15) is 0 Å². The Morgan fingerprint density at radius 2 is 1.97 bits per heavy atom. The van der Waals surface area contributed by atoms with Crippen LogP contribution >= 0.6 is 11.3 Å². The number of rotatable bonds is 7. The van der Waals surface area contributed by atoms with Gasteiger partial charge in [0, 0.05) is 36.4 Å². The minimum Gasteiger partial charge on any atom is -0.497 e. The fourth-order valence-electron chi connectivity index (χ4n) is 5.14. The van der Waals surface area contributed by atoms with Gasteiger partial charge in [-0.15, -0.1) is 11.3 Å². The molecule has 1 aromatic carbocycles. The van der Waals surface area contributed by atoms with Crippen molar-refractivity contribution in [1.29, 1.82) is 0 Å². The van der Waals surface area contributed by atoms with Crippen LogP contribution in [-0.4, -0.2) is 42.4 Å². The van der Waals surface area contributed by atoms with Crippen LogP contribution in [0.2, 0.25) is 0 Å². The SMILES string of the molecule is CCOCCCNC(=O)N1Cc2c(sc3c2CCCC3)-n2cccc2C1c1ccc(OC)cc1. The first kappa shape index (κ1) is 23.0. The molecule has 1 N–H and O–H groups in total. The maximum Gasteiger partial charge on any atom is 0.318 e. The summed E-state index contributed by atoms with van der Waals surface area (Å²) in [6.45, 7) is 4.55. The monoisotopic (exact) mass is 479 g/mol. The number of aryl methyl sites for hydroxylation is 1. The first-order chi connectivity index (χ1) is 16.7. The van der Waals surface area contributed by atoms with Crippen LogP contribution in [0.25, 0.3) is 5.00 Å². The van der Waals surface area contributed by atoms with Crippen LogP contribution in [0.1, 0.15) is 59.5 Å². The Balaban J connectivity index is 1.54. The number of nitrogens with zero attached hydrogens (tertiary/aromatic N) is 2. The highest BCUT2D eigenvalue weighted by atomic mass is 32.1. The van der Waals surface area contributed by atoms with Gasteiger partial charge in [0.05, 0.1) is 25.4 Å². The third-order valence-electron chi connectivity index (χ3n) is 6.82. The number of methoxy groups -OCH3 is 1. The number of fused-ring (bicyclic) bond motifs is 5. The summed E-state index contributed by atoms with van der Waals surface area (Å²) >= 11 is 1.91. The molecule has 5 rings (SSSR count). The van der Waals surface area contributed by atoms with Crippen molar-refractivity contribution in [1.82, 2.24) is 14.8 Å². The summed E-state index contributed by atoms with van der Waals surface area (Å²) < 4.78 is 13.2. The van der Waals surface area contributed by atoms with E-state index < -0.39 is 0 Å². The summed E-state index contributed by atoms with van der Waals surface area (Å²) in [5.41, 5.74) is 4.98. The molecule has 6 nitrogen and oxygen atoms in total. The van der Waals surface area contributed by atoms with Gasteiger partial charge in [-0.3, -0.25) is 0 Å². The number of carbonyl (C=O) groups is 1. The second-order valence-corrected chi connectivity index (χ2v) is 9.97. The molecule has 0 spiro atoms. The van der Waals surface area contributed by atoms with E-state index in [1.807, 2.05) is 35.3 Å². The Bertz CT molecular complexity index is 1130. The number of ether oxygens (including phenoxy) is 2. The fraction of sp³-hybridized carbons (Fsp3) is 0.444. The van der Waals surface area contributed by atoms with Crippen molar-refractivity contribution in [3.63, 3.8) is 0 Å². The van der Waals surface area contributed by atoms with Crippen molar-refractivity contribution < 1.29 is 14.3 Å². The lowest BCUT2D eigenvalue weighted by molar-refractivity contribution is 0.143. The number of hydrogen-bond donors (Lipinski definition) is 1. The van der Waals surface area contributed by atoms with E-state index >= 15 is 0 Å². The molecule has 3 heterocycles. The van der Waals surface area contributed by atoms with Gasteiger partial charge in [0.1, 0.15) is 10.8 Å². The first-order valence-corrected chi connectivity index (χ1v) is 13.1. The van der Waals surface area contributed by atoms with Crippen molar-refractivity contribution in [2.75, 3.05) is 26.9 Å². The topological polar surface area (TPSA) is 55.7 Å². The number of benzene rings is 1. The number of hydrogen-bond acceptors (Lipinski definition) is 4. The minimum atomic E-state index is -0.188. The number of aromatic nitrogens is 1.